The number of carbonyl (C=O) groups excluding carboxylic acids is 1. The van der Waals surface area contributed by atoms with E-state index in [0.717, 1.165) is 0 Å². The van der Waals surface area contributed by atoms with E-state index in [0.29, 0.717) is 27.7 Å². The molecular weight excluding hydrogens is 391 g/mol. The van der Waals surface area contributed by atoms with Gasteiger partial charge >= 0.3 is 5.97 Å². The van der Waals surface area contributed by atoms with Gasteiger partial charge in [0.15, 0.2) is 0 Å². The van der Waals surface area contributed by atoms with Gasteiger partial charge in [-0.2, -0.15) is 5.10 Å². The summed E-state index contributed by atoms with van der Waals surface area (Å²) in [6.07, 6.45) is 1.33. The Balaban J connectivity index is 1.72. The number of benzene rings is 2. The van der Waals surface area contributed by atoms with Crippen molar-refractivity contribution in [2.75, 3.05) is 0 Å². The summed E-state index contributed by atoms with van der Waals surface area (Å²) in [6.45, 7) is 0. The number of rotatable bonds is 5. The van der Waals surface area contributed by atoms with Crippen LogP contribution in [-0.4, -0.2) is 23.2 Å². The predicted molar refractivity (Wildman–Crippen MR) is 103 cm³/mol. The monoisotopic (exact) mass is 402 g/mol. The third-order valence-electron chi connectivity index (χ3n) is 3.58. The van der Waals surface area contributed by atoms with Crippen LogP contribution in [0.1, 0.15) is 26.5 Å². The molecule has 0 fully saturated rings. The van der Waals surface area contributed by atoms with Gasteiger partial charge < -0.3 is 9.52 Å². The molecule has 0 unspecified atom stereocenters. The molecule has 136 valence electrons. The van der Waals surface area contributed by atoms with E-state index in [-0.39, 0.29) is 10.6 Å². The Morgan fingerprint density at radius 1 is 1.00 bits per heavy atom. The smallest absolute Gasteiger partial charge is 0.337 e. The summed E-state index contributed by atoms with van der Waals surface area (Å²) in [5.74, 6) is -0.769. The van der Waals surface area contributed by atoms with Crippen molar-refractivity contribution in [3.63, 3.8) is 0 Å². The number of hydrogen-bond acceptors (Lipinski definition) is 4. The number of furan rings is 1. The van der Waals surface area contributed by atoms with Gasteiger partial charge in [-0.05, 0) is 42.5 Å². The van der Waals surface area contributed by atoms with E-state index in [1.165, 1.54) is 18.3 Å². The zero-order chi connectivity index (χ0) is 19.4. The molecule has 0 saturated heterocycles. The van der Waals surface area contributed by atoms with Crippen molar-refractivity contribution in [1.82, 2.24) is 5.43 Å². The van der Waals surface area contributed by atoms with Crippen molar-refractivity contribution in [2.24, 2.45) is 5.10 Å². The fourth-order valence-corrected chi connectivity index (χ4v) is 2.70. The van der Waals surface area contributed by atoms with Gasteiger partial charge in [0.05, 0.1) is 27.4 Å². The molecule has 0 atom stereocenters. The lowest BCUT2D eigenvalue weighted by molar-refractivity contribution is 0.0697. The van der Waals surface area contributed by atoms with Gasteiger partial charge in [0.25, 0.3) is 5.91 Å². The van der Waals surface area contributed by atoms with Gasteiger partial charge in [-0.1, -0.05) is 35.3 Å². The van der Waals surface area contributed by atoms with Crippen LogP contribution in [0.15, 0.2) is 64.1 Å². The molecule has 1 heterocycles. The summed E-state index contributed by atoms with van der Waals surface area (Å²) in [5, 5.41) is 13.4. The molecule has 0 aliphatic carbocycles. The predicted octanol–water partition coefficient (Wildman–Crippen LogP) is 4.72. The highest BCUT2D eigenvalue weighted by molar-refractivity contribution is 6.34. The van der Waals surface area contributed by atoms with Crippen LogP contribution in [0, 0.1) is 0 Å². The van der Waals surface area contributed by atoms with Crippen LogP contribution >= 0.6 is 23.2 Å². The minimum absolute atomic E-state index is 0.0206. The van der Waals surface area contributed by atoms with Gasteiger partial charge in [-0.3, -0.25) is 4.79 Å². The van der Waals surface area contributed by atoms with Gasteiger partial charge in [-0.25, -0.2) is 10.2 Å². The minimum Gasteiger partial charge on any atom is -0.478 e. The topological polar surface area (TPSA) is 91.9 Å². The van der Waals surface area contributed by atoms with Crippen molar-refractivity contribution in [3.05, 3.63) is 81.5 Å². The molecule has 1 amide bonds. The molecule has 6 nitrogen and oxygen atoms in total. The summed E-state index contributed by atoms with van der Waals surface area (Å²) < 4.78 is 5.59. The Bertz CT molecular complexity index is 1040. The second kappa shape index (κ2) is 8.07. The molecule has 3 aromatic rings. The summed E-state index contributed by atoms with van der Waals surface area (Å²) >= 11 is 11.8. The molecule has 2 aromatic carbocycles. The van der Waals surface area contributed by atoms with Gasteiger partial charge in [0, 0.05) is 5.56 Å². The maximum absolute atomic E-state index is 12.0. The number of carboxylic acid groups (broad SMARTS) is 1. The second-order valence-electron chi connectivity index (χ2n) is 5.38. The normalized spacial score (nSPS) is 10.9. The standard InChI is InChI=1S/C19H12Cl2N2O4/c20-15-4-2-1-3-13(15)18(24)23-22-10-12-6-8-17(27-12)11-5-7-16(21)14(9-11)19(25)26/h1-10H,(H,23,24)(H,25,26)/b22-10-. The molecule has 0 aliphatic heterocycles. The number of amides is 1. The third kappa shape index (κ3) is 4.36. The van der Waals surface area contributed by atoms with Crippen molar-refractivity contribution in [2.45, 2.75) is 0 Å². The van der Waals surface area contributed by atoms with E-state index in [4.69, 9.17) is 32.7 Å². The summed E-state index contributed by atoms with van der Waals surface area (Å²) in [5.41, 5.74) is 3.20. The number of hydrazone groups is 1. The second-order valence-corrected chi connectivity index (χ2v) is 6.20. The fourth-order valence-electron chi connectivity index (χ4n) is 2.28. The number of nitrogens with zero attached hydrogens (tertiary/aromatic N) is 1. The number of nitrogens with one attached hydrogen (secondary N) is 1. The number of aromatic carboxylic acids is 1. The van der Waals surface area contributed by atoms with E-state index in [1.54, 1.807) is 42.5 Å². The summed E-state index contributed by atoms with van der Waals surface area (Å²) in [4.78, 5) is 23.2. The molecule has 0 spiro atoms. The first-order valence-electron chi connectivity index (χ1n) is 7.66. The van der Waals surface area contributed by atoms with Crippen LogP contribution in [0.2, 0.25) is 10.0 Å². The number of hydrogen-bond donors (Lipinski definition) is 2. The van der Waals surface area contributed by atoms with Crippen LogP contribution < -0.4 is 5.43 Å². The van der Waals surface area contributed by atoms with Crippen molar-refractivity contribution < 1.29 is 19.1 Å². The Kier molecular flexibility index (Phi) is 5.59. The number of carboxylic acids is 1. The van der Waals surface area contributed by atoms with Gasteiger partial charge in [0.1, 0.15) is 11.5 Å². The third-order valence-corrected chi connectivity index (χ3v) is 4.24. The lowest BCUT2D eigenvalue weighted by Crippen LogP contribution is -2.17. The maximum Gasteiger partial charge on any atom is 0.337 e. The van der Waals surface area contributed by atoms with Crippen LogP contribution in [-0.2, 0) is 0 Å². The Morgan fingerprint density at radius 2 is 1.74 bits per heavy atom. The largest absolute Gasteiger partial charge is 0.478 e. The van der Waals surface area contributed by atoms with Crippen LogP contribution in [0.4, 0.5) is 0 Å². The van der Waals surface area contributed by atoms with E-state index in [1.807, 2.05) is 0 Å². The Morgan fingerprint density at radius 3 is 2.48 bits per heavy atom. The number of carbonyl (C=O) groups is 2. The van der Waals surface area contributed by atoms with Crippen LogP contribution in [0.25, 0.3) is 11.3 Å². The quantitative estimate of drug-likeness (QED) is 0.477. The first kappa shape index (κ1) is 18.7. The fraction of sp³-hybridized carbons (Fsp3) is 0. The molecule has 1 aromatic heterocycles. The molecule has 27 heavy (non-hydrogen) atoms. The lowest BCUT2D eigenvalue weighted by Gasteiger charge is -2.02. The van der Waals surface area contributed by atoms with E-state index in [2.05, 4.69) is 10.5 Å². The lowest BCUT2D eigenvalue weighted by atomic mass is 10.1. The van der Waals surface area contributed by atoms with Crippen molar-refractivity contribution in [1.29, 1.82) is 0 Å². The van der Waals surface area contributed by atoms with Crippen LogP contribution in [0.5, 0.6) is 0 Å². The number of halogens is 2. The zero-order valence-corrected chi connectivity index (χ0v) is 15.2. The van der Waals surface area contributed by atoms with Crippen molar-refractivity contribution in [3.8, 4) is 11.3 Å². The van der Waals surface area contributed by atoms with E-state index < -0.39 is 11.9 Å². The minimum atomic E-state index is -1.13. The first-order valence-corrected chi connectivity index (χ1v) is 8.42. The molecule has 3 rings (SSSR count). The van der Waals surface area contributed by atoms with E-state index >= 15 is 0 Å². The molecule has 0 aliphatic rings. The summed E-state index contributed by atoms with van der Waals surface area (Å²) in [6, 6.07) is 14.5. The molecule has 0 bridgehead atoms. The highest BCUT2D eigenvalue weighted by atomic mass is 35.5. The average Bonchev–Trinajstić information content (AvgIpc) is 3.11. The molecule has 2 N–H and O–H groups in total. The average molecular weight is 403 g/mol. The first-order chi connectivity index (χ1) is 13.0. The van der Waals surface area contributed by atoms with Gasteiger partial charge in [0.2, 0.25) is 0 Å². The summed E-state index contributed by atoms with van der Waals surface area (Å²) in [7, 11) is 0. The molecule has 0 radical (unpaired) electrons. The van der Waals surface area contributed by atoms with Gasteiger partial charge in [-0.15, -0.1) is 0 Å². The van der Waals surface area contributed by atoms with E-state index in [9.17, 15) is 9.59 Å². The molecule has 0 saturated carbocycles. The highest BCUT2D eigenvalue weighted by Crippen LogP contribution is 2.26. The zero-order valence-electron chi connectivity index (χ0n) is 13.6. The SMILES string of the molecule is O=C(O)c1cc(-c2ccc(/C=N\NC(=O)c3ccccc3Cl)o2)ccc1Cl. The maximum atomic E-state index is 12.0. The van der Waals surface area contributed by atoms with Crippen molar-refractivity contribution >= 4 is 41.3 Å². The molecular formula is C19H12Cl2N2O4. The molecule has 8 heteroatoms. The Hall–Kier alpha value is -3.09. The highest BCUT2D eigenvalue weighted by Gasteiger charge is 2.12. The Labute approximate surface area is 164 Å². The van der Waals surface area contributed by atoms with Crippen LogP contribution in [0.3, 0.4) is 0 Å².